The Bertz CT molecular complexity index is 1280. The summed E-state index contributed by atoms with van der Waals surface area (Å²) in [4.78, 5) is 16.0. The third kappa shape index (κ3) is 11.2. The van der Waals surface area contributed by atoms with E-state index in [9.17, 15) is 23.1 Å². The molecule has 13 heteroatoms. The molecule has 0 N–H and O–H groups in total. The number of aliphatic imine (C=N–C) groups is 1. The molecule has 0 fully saturated rings. The van der Waals surface area contributed by atoms with E-state index in [2.05, 4.69) is 59.6 Å². The molecule has 0 aromatic heterocycles. The Morgan fingerprint density at radius 1 is 0.846 bits per heavy atom. The Morgan fingerprint density at radius 2 is 1.23 bits per heavy atom. The van der Waals surface area contributed by atoms with Gasteiger partial charge in [-0.15, -0.1) is 0 Å². The minimum atomic E-state index is -6.09. The van der Waals surface area contributed by atoms with Crippen molar-refractivity contribution in [2.75, 3.05) is 0 Å². The number of halogens is 3. The zero-order chi connectivity index (χ0) is 27.9. The van der Waals surface area contributed by atoms with Gasteiger partial charge in [-0.3, -0.25) is 4.99 Å². The summed E-state index contributed by atoms with van der Waals surface area (Å²) < 4.78 is 58.9. The smallest absolute Gasteiger partial charge is 0.741 e. The average Bonchev–Trinajstić information content (AvgIpc) is 2.80. The van der Waals surface area contributed by atoms with Crippen LogP contribution in [0, 0.1) is 5.41 Å². The maximum atomic E-state index is 11.6. The van der Waals surface area contributed by atoms with Crippen molar-refractivity contribution in [3.63, 3.8) is 0 Å². The molecule has 3 rings (SSSR count). The van der Waals surface area contributed by atoms with Gasteiger partial charge in [0, 0.05) is 11.8 Å². The Balaban J connectivity index is 0.00000126. The van der Waals surface area contributed by atoms with E-state index in [1.54, 1.807) is 6.21 Å². The van der Waals surface area contributed by atoms with E-state index in [-0.39, 0.29) is 34.1 Å². The van der Waals surface area contributed by atoms with Gasteiger partial charge in [0.05, 0.1) is 19.9 Å². The van der Waals surface area contributed by atoms with E-state index in [0.717, 1.165) is 5.56 Å². The first-order chi connectivity index (χ1) is 17.1. The molecule has 6 nitrogen and oxygen atoms in total. The first-order valence-corrected chi connectivity index (χ1v) is 13.9. The van der Waals surface area contributed by atoms with Gasteiger partial charge in [0.1, 0.15) is 15.9 Å². The van der Waals surface area contributed by atoms with Crippen molar-refractivity contribution in [1.29, 1.82) is 0 Å². The molecule has 0 unspecified atom stereocenters. The number of hydrogen-bond donors (Lipinski definition) is 0. The fourth-order valence-corrected chi connectivity index (χ4v) is 6.02. The van der Waals surface area contributed by atoms with Crippen LogP contribution in [0.25, 0.3) is 0 Å². The second kappa shape index (κ2) is 15.7. The first-order valence-electron chi connectivity index (χ1n) is 11.0. The molecule has 0 aliphatic heterocycles. The van der Waals surface area contributed by atoms with Crippen LogP contribution in [0.3, 0.4) is 0 Å². The van der Waals surface area contributed by atoms with Gasteiger partial charge >= 0.3 is 39.6 Å². The van der Waals surface area contributed by atoms with Gasteiger partial charge in [-0.05, 0) is 41.8 Å². The number of benzene rings is 3. The molecule has 0 heterocycles. The van der Waals surface area contributed by atoms with E-state index in [0.29, 0.717) is 0 Å². The van der Waals surface area contributed by atoms with E-state index in [1.165, 1.54) is 15.9 Å². The molecule has 0 bridgehead atoms. The monoisotopic (exact) mass is 678 g/mol. The van der Waals surface area contributed by atoms with Gasteiger partial charge in [0.15, 0.2) is 10.1 Å². The number of aliphatic carboxylic acids is 1. The van der Waals surface area contributed by atoms with Crippen LogP contribution in [0.2, 0.25) is 0 Å². The van der Waals surface area contributed by atoms with Crippen molar-refractivity contribution in [2.45, 2.75) is 32.3 Å². The third-order valence-corrected chi connectivity index (χ3v) is 8.43. The molecule has 0 spiro atoms. The molecule has 0 radical (unpaired) electrons. The molecule has 0 saturated carbocycles. The third-order valence-electron chi connectivity index (χ3n) is 5.04. The van der Waals surface area contributed by atoms with E-state index in [4.69, 9.17) is 13.0 Å². The predicted octanol–water partition coefficient (Wildman–Crippen LogP) is 2.81. The van der Waals surface area contributed by atoms with Crippen LogP contribution in [0.1, 0.15) is 26.3 Å². The fraction of sp³-hybridized carbons (Fsp3) is 0.231. The van der Waals surface area contributed by atoms with Crippen LogP contribution in [-0.4, -0.2) is 36.7 Å². The number of hydrogen-bond acceptors (Lipinski definition) is 6. The quantitative estimate of drug-likeness (QED) is 0.131. The minimum Gasteiger partial charge on any atom is -0.741 e. The number of carbonyl (C=O) groups is 1. The van der Waals surface area contributed by atoms with Crippen LogP contribution in [0.5, 0.6) is 0 Å². The minimum absolute atomic E-state index is 0. The maximum Gasteiger partial charge on any atom is 1.00 e. The average molecular weight is 680 g/mol. The zero-order valence-corrected chi connectivity index (χ0v) is 24.6. The number of carboxylic acid groups (broad SMARTS) is 1. The fourth-order valence-electron chi connectivity index (χ4n) is 3.32. The van der Waals surface area contributed by atoms with Crippen molar-refractivity contribution in [1.82, 2.24) is 0 Å². The van der Waals surface area contributed by atoms with Gasteiger partial charge < -0.3 is 14.5 Å². The van der Waals surface area contributed by atoms with Crippen molar-refractivity contribution in [3.8, 4) is 0 Å². The predicted molar refractivity (Wildman–Crippen MR) is 138 cm³/mol. The topological polar surface area (TPSA) is 110 Å². The Labute approximate surface area is 248 Å². The first kappa shape index (κ1) is 37.0. The second-order valence-electron chi connectivity index (χ2n) is 8.96. The second-order valence-corrected chi connectivity index (χ2v) is 12.8. The molecule has 39 heavy (non-hydrogen) atoms. The summed E-state index contributed by atoms with van der Waals surface area (Å²) >= 11 is 0. The van der Waals surface area contributed by atoms with Gasteiger partial charge in [-0.1, -0.05) is 69.3 Å². The SMILES string of the molecule is CC(C)(C)[C@H](N=Cc1ccccc1[PH+](c1ccccc1)c1ccccc1)C(=O)[O-].O=S(=O)([O-])C(F)(F)F.[Cu+].[Cu+]. The summed E-state index contributed by atoms with van der Waals surface area (Å²) in [5.74, 6) is -1.15. The Hall–Kier alpha value is -2.03. The van der Waals surface area contributed by atoms with E-state index in [1.807, 2.05) is 51.1 Å². The normalized spacial score (nSPS) is 12.5. The number of rotatable bonds is 6. The zero-order valence-electron chi connectivity index (χ0n) is 20.9. The molecule has 218 valence electrons. The van der Waals surface area contributed by atoms with E-state index < -0.39 is 41.0 Å². The van der Waals surface area contributed by atoms with Crippen molar-refractivity contribution in [2.24, 2.45) is 10.4 Å². The summed E-state index contributed by atoms with van der Waals surface area (Å²) in [7, 11) is -7.35. The van der Waals surface area contributed by atoms with E-state index >= 15 is 0 Å². The van der Waals surface area contributed by atoms with Crippen LogP contribution in [-0.2, 0) is 49.1 Å². The van der Waals surface area contributed by atoms with Crippen LogP contribution in [0.15, 0.2) is 89.9 Å². The summed E-state index contributed by atoms with van der Waals surface area (Å²) in [6, 6.07) is 28.2. The van der Waals surface area contributed by atoms with Crippen molar-refractivity contribution < 1.29 is 70.2 Å². The van der Waals surface area contributed by atoms with Gasteiger partial charge in [-0.2, -0.15) is 13.2 Å². The Morgan fingerprint density at radius 3 is 1.59 bits per heavy atom. The number of alkyl halides is 3. The van der Waals surface area contributed by atoms with Gasteiger partial charge in [0.25, 0.3) is 0 Å². The summed E-state index contributed by atoms with van der Waals surface area (Å²) in [6.07, 6.45) is 1.71. The molecular formula is C26H26Cu2F3NO5PS+. The molecule has 0 amide bonds. The van der Waals surface area contributed by atoms with Crippen LogP contribution >= 0.6 is 7.92 Å². The molecule has 0 aliphatic rings. The molecule has 1 atom stereocenters. The number of nitrogens with zero attached hydrogens (tertiary/aromatic N) is 1. The molecule has 3 aromatic rings. The summed E-state index contributed by atoms with van der Waals surface area (Å²) in [5, 5.41) is 15.3. The number of carboxylic acids is 1. The van der Waals surface area contributed by atoms with Gasteiger partial charge in [-0.25, -0.2) is 8.42 Å². The standard InChI is InChI=1S/C25H26NO2P.CHF3O3S.2Cu/c1-25(2,3)23(24(27)28)26-18-19-12-10-11-17-22(19)29(20-13-6-4-7-14-20)21-15-8-5-9-16-21;2-1(3,4)8(5,6)7;;/h4-18,23H,1-3H3,(H,27,28);(H,5,6,7);;/q;;2*+1/p-1/t23-;;;/m1.../s1. The number of carbonyl (C=O) groups excluding carboxylic acids is 1. The molecule has 0 aliphatic carbocycles. The summed E-state index contributed by atoms with van der Waals surface area (Å²) in [6.45, 7) is 5.58. The maximum absolute atomic E-state index is 11.6. The van der Waals surface area contributed by atoms with Crippen LogP contribution < -0.4 is 21.0 Å². The van der Waals surface area contributed by atoms with Crippen molar-refractivity contribution >= 4 is 46.1 Å². The largest absolute Gasteiger partial charge is 1.00 e. The molecule has 3 aromatic carbocycles. The van der Waals surface area contributed by atoms with Crippen LogP contribution in [0.4, 0.5) is 13.2 Å². The van der Waals surface area contributed by atoms with Crippen molar-refractivity contribution in [3.05, 3.63) is 90.5 Å². The van der Waals surface area contributed by atoms with Gasteiger partial charge in [0.2, 0.25) is 0 Å². The molecule has 0 saturated heterocycles. The molecular weight excluding hydrogens is 653 g/mol. The Kier molecular flexibility index (Phi) is 14.9. The summed E-state index contributed by atoms with van der Waals surface area (Å²) in [5.41, 5.74) is -5.21.